The van der Waals surface area contributed by atoms with E-state index < -0.39 is 0 Å². The standard InChI is InChI=1S/C18H22ClN5O2.ClH/c1-12(9-13-5-4-6-14(19)10-13)20-7-8-24-11-21-16-15(24)17(25)23(3)18(26)22(16)2;/h4-6,10-12,20H,7-9H2,1-3H3;1H. The SMILES string of the molecule is CC(Cc1cccc(Cl)c1)[NH2+]CCn1cnc2c1c(=O)n(C)c(=O)n2C.[Cl-]. The van der Waals surface area contributed by atoms with E-state index in [4.69, 9.17) is 11.6 Å². The van der Waals surface area contributed by atoms with Gasteiger partial charge in [0.2, 0.25) is 0 Å². The Balaban J connectivity index is 0.00000261. The molecule has 1 unspecified atom stereocenters. The van der Waals surface area contributed by atoms with Gasteiger partial charge in [-0.2, -0.15) is 0 Å². The predicted octanol–water partition coefficient (Wildman–Crippen LogP) is -2.71. The van der Waals surface area contributed by atoms with Crippen molar-refractivity contribution in [1.29, 1.82) is 0 Å². The summed E-state index contributed by atoms with van der Waals surface area (Å²) in [6, 6.07) is 8.28. The van der Waals surface area contributed by atoms with Crippen LogP contribution in [-0.2, 0) is 27.1 Å². The first-order valence-corrected chi connectivity index (χ1v) is 8.95. The zero-order valence-electron chi connectivity index (χ0n) is 15.5. The molecule has 3 aromatic rings. The lowest BCUT2D eigenvalue weighted by Crippen LogP contribution is -3.00. The van der Waals surface area contributed by atoms with E-state index in [9.17, 15) is 9.59 Å². The number of aryl methyl sites for hydroxylation is 1. The highest BCUT2D eigenvalue weighted by molar-refractivity contribution is 6.30. The molecule has 0 aliphatic heterocycles. The van der Waals surface area contributed by atoms with Crippen molar-refractivity contribution in [2.45, 2.75) is 25.9 Å². The van der Waals surface area contributed by atoms with Gasteiger partial charge in [-0.05, 0) is 24.6 Å². The van der Waals surface area contributed by atoms with E-state index in [-0.39, 0.29) is 23.7 Å². The third-order valence-corrected chi connectivity index (χ3v) is 4.84. The van der Waals surface area contributed by atoms with E-state index in [2.05, 4.69) is 23.3 Å². The number of imidazole rings is 1. The van der Waals surface area contributed by atoms with E-state index in [0.29, 0.717) is 23.8 Å². The fourth-order valence-electron chi connectivity index (χ4n) is 3.18. The maximum absolute atomic E-state index is 12.4. The summed E-state index contributed by atoms with van der Waals surface area (Å²) in [5.74, 6) is 0. The number of nitrogens with two attached hydrogens (primary N) is 1. The first kappa shape index (κ1) is 21.2. The first-order valence-electron chi connectivity index (χ1n) is 8.57. The molecule has 2 aromatic heterocycles. The lowest BCUT2D eigenvalue weighted by molar-refractivity contribution is -0.686. The van der Waals surface area contributed by atoms with Crippen molar-refractivity contribution in [3.8, 4) is 0 Å². The van der Waals surface area contributed by atoms with Gasteiger partial charge >= 0.3 is 5.69 Å². The van der Waals surface area contributed by atoms with E-state index in [1.165, 1.54) is 17.2 Å². The molecule has 0 spiro atoms. The van der Waals surface area contributed by atoms with Crippen LogP contribution in [0.5, 0.6) is 0 Å². The normalized spacial score (nSPS) is 12.1. The second-order valence-electron chi connectivity index (χ2n) is 6.65. The first-order chi connectivity index (χ1) is 12.4. The lowest BCUT2D eigenvalue weighted by atomic mass is 10.1. The third-order valence-electron chi connectivity index (χ3n) is 4.60. The van der Waals surface area contributed by atoms with Crippen LogP contribution >= 0.6 is 11.6 Å². The monoisotopic (exact) mass is 411 g/mol. The minimum absolute atomic E-state index is 0. The second kappa shape index (κ2) is 8.73. The van der Waals surface area contributed by atoms with E-state index in [1.54, 1.807) is 13.4 Å². The smallest absolute Gasteiger partial charge is 0.332 e. The van der Waals surface area contributed by atoms with E-state index >= 15 is 0 Å². The predicted molar refractivity (Wildman–Crippen MR) is 102 cm³/mol. The van der Waals surface area contributed by atoms with Gasteiger partial charge in [0.05, 0.1) is 25.5 Å². The molecule has 7 nitrogen and oxygen atoms in total. The Bertz CT molecular complexity index is 1050. The van der Waals surface area contributed by atoms with E-state index in [1.807, 2.05) is 22.8 Å². The van der Waals surface area contributed by atoms with Gasteiger partial charge in [0.25, 0.3) is 5.56 Å². The summed E-state index contributed by atoms with van der Waals surface area (Å²) >= 11 is 6.03. The van der Waals surface area contributed by atoms with Crippen LogP contribution in [0.25, 0.3) is 11.2 Å². The number of rotatable bonds is 6. The summed E-state index contributed by atoms with van der Waals surface area (Å²) in [7, 11) is 3.11. The van der Waals surface area contributed by atoms with Gasteiger partial charge in [-0.3, -0.25) is 13.9 Å². The highest BCUT2D eigenvalue weighted by Crippen LogP contribution is 2.11. The van der Waals surface area contributed by atoms with Crippen LogP contribution in [0.2, 0.25) is 5.02 Å². The molecule has 0 saturated heterocycles. The molecule has 0 radical (unpaired) electrons. The third kappa shape index (κ3) is 4.43. The molecule has 9 heteroatoms. The largest absolute Gasteiger partial charge is 1.00 e. The Labute approximate surface area is 168 Å². The summed E-state index contributed by atoms with van der Waals surface area (Å²) < 4.78 is 4.34. The lowest BCUT2D eigenvalue weighted by Gasteiger charge is -2.12. The van der Waals surface area contributed by atoms with Crippen LogP contribution < -0.4 is 29.0 Å². The molecule has 3 rings (SSSR count). The summed E-state index contributed by atoms with van der Waals surface area (Å²) in [5, 5.41) is 2.99. The average molecular weight is 412 g/mol. The maximum atomic E-state index is 12.4. The average Bonchev–Trinajstić information content (AvgIpc) is 3.02. The number of aromatic nitrogens is 4. The Morgan fingerprint density at radius 2 is 1.96 bits per heavy atom. The maximum Gasteiger partial charge on any atom is 0.332 e. The molecule has 2 N–H and O–H groups in total. The van der Waals surface area contributed by atoms with Gasteiger partial charge in [0.15, 0.2) is 11.2 Å². The van der Waals surface area contributed by atoms with Gasteiger partial charge in [-0.1, -0.05) is 23.7 Å². The van der Waals surface area contributed by atoms with Crippen LogP contribution in [0.4, 0.5) is 0 Å². The minimum Gasteiger partial charge on any atom is -1.00 e. The molecular weight excluding hydrogens is 389 g/mol. The number of quaternary nitrogens is 1. The Hall–Kier alpha value is -2.09. The number of benzene rings is 1. The summed E-state index contributed by atoms with van der Waals surface area (Å²) in [5.41, 5.74) is 1.41. The molecule has 0 fully saturated rings. The molecule has 146 valence electrons. The molecule has 27 heavy (non-hydrogen) atoms. The molecule has 1 aromatic carbocycles. The van der Waals surface area contributed by atoms with Crippen LogP contribution in [0.15, 0.2) is 40.2 Å². The number of halogens is 2. The fourth-order valence-corrected chi connectivity index (χ4v) is 3.40. The van der Waals surface area contributed by atoms with Crippen LogP contribution in [-0.4, -0.2) is 31.3 Å². The van der Waals surface area contributed by atoms with Crippen molar-refractivity contribution in [1.82, 2.24) is 18.7 Å². The van der Waals surface area contributed by atoms with Crippen molar-refractivity contribution in [2.24, 2.45) is 14.1 Å². The number of fused-ring (bicyclic) bond motifs is 1. The van der Waals surface area contributed by atoms with Crippen molar-refractivity contribution >= 4 is 22.8 Å². The molecule has 0 aliphatic rings. The van der Waals surface area contributed by atoms with Crippen LogP contribution in [0.1, 0.15) is 12.5 Å². The molecular formula is C18H23Cl2N5O2. The molecule has 1 atom stereocenters. The summed E-state index contributed by atoms with van der Waals surface area (Å²) in [6.45, 7) is 3.61. The van der Waals surface area contributed by atoms with Gasteiger partial charge < -0.3 is 22.3 Å². The van der Waals surface area contributed by atoms with Gasteiger partial charge in [0.1, 0.15) is 0 Å². The number of hydrogen-bond acceptors (Lipinski definition) is 3. The molecule has 2 heterocycles. The summed E-state index contributed by atoms with van der Waals surface area (Å²) in [4.78, 5) is 28.6. The number of nitrogens with zero attached hydrogens (tertiary/aromatic N) is 4. The second-order valence-corrected chi connectivity index (χ2v) is 7.09. The molecule has 0 bridgehead atoms. The molecule has 0 saturated carbocycles. The van der Waals surface area contributed by atoms with E-state index in [0.717, 1.165) is 22.6 Å². The Kier molecular flexibility index (Phi) is 6.86. The van der Waals surface area contributed by atoms with Crippen molar-refractivity contribution in [2.75, 3.05) is 6.54 Å². The zero-order valence-corrected chi connectivity index (χ0v) is 17.0. The Morgan fingerprint density at radius 1 is 1.22 bits per heavy atom. The minimum atomic E-state index is -0.366. The summed E-state index contributed by atoms with van der Waals surface area (Å²) in [6.07, 6.45) is 2.54. The van der Waals surface area contributed by atoms with Crippen molar-refractivity contribution in [3.05, 3.63) is 62.0 Å². The van der Waals surface area contributed by atoms with Crippen molar-refractivity contribution in [3.63, 3.8) is 0 Å². The van der Waals surface area contributed by atoms with Crippen LogP contribution in [0, 0.1) is 0 Å². The molecule has 0 aliphatic carbocycles. The van der Waals surface area contributed by atoms with Gasteiger partial charge in [0, 0.05) is 25.5 Å². The highest BCUT2D eigenvalue weighted by Gasteiger charge is 2.15. The zero-order chi connectivity index (χ0) is 18.8. The molecule has 0 amide bonds. The quantitative estimate of drug-likeness (QED) is 0.478. The van der Waals surface area contributed by atoms with Gasteiger partial charge in [-0.15, -0.1) is 0 Å². The fraction of sp³-hybridized carbons (Fsp3) is 0.389. The van der Waals surface area contributed by atoms with Crippen LogP contribution in [0.3, 0.4) is 0 Å². The Morgan fingerprint density at radius 3 is 2.67 bits per heavy atom. The topological polar surface area (TPSA) is 78.4 Å². The van der Waals surface area contributed by atoms with Gasteiger partial charge in [-0.25, -0.2) is 9.78 Å². The highest BCUT2D eigenvalue weighted by atomic mass is 35.5. The number of hydrogen-bond donors (Lipinski definition) is 1. The van der Waals surface area contributed by atoms with Crippen molar-refractivity contribution < 1.29 is 17.7 Å².